The van der Waals surface area contributed by atoms with E-state index in [9.17, 15) is 20.0 Å². The normalized spacial score (nSPS) is 14.5. The third kappa shape index (κ3) is 14.3. The van der Waals surface area contributed by atoms with Crippen molar-refractivity contribution >= 4 is 6.29 Å². The third-order valence-corrected chi connectivity index (χ3v) is 3.90. The average Bonchev–Trinajstić information content (AvgIpc) is 2.59. The molecular formula is C20H32NO4. The minimum Gasteiger partial charge on any atom is -0.386 e. The van der Waals surface area contributed by atoms with Gasteiger partial charge in [0.1, 0.15) is 6.10 Å². The Labute approximate surface area is 151 Å². The molecule has 25 heavy (non-hydrogen) atoms. The minimum atomic E-state index is -0.953. The molecule has 0 fully saturated rings. The van der Waals surface area contributed by atoms with Crippen LogP contribution in [-0.4, -0.2) is 28.5 Å². The van der Waals surface area contributed by atoms with Gasteiger partial charge in [-0.3, -0.25) is 14.9 Å². The van der Waals surface area contributed by atoms with Crippen LogP contribution in [0.4, 0.5) is 0 Å². The second-order valence-electron chi connectivity index (χ2n) is 6.05. The van der Waals surface area contributed by atoms with Crippen molar-refractivity contribution in [3.63, 3.8) is 0 Å². The van der Waals surface area contributed by atoms with Crippen molar-refractivity contribution in [3.05, 3.63) is 46.6 Å². The van der Waals surface area contributed by atoms with Gasteiger partial charge in [0.05, 0.1) is 0 Å². The van der Waals surface area contributed by atoms with Gasteiger partial charge in [0.25, 0.3) is 0 Å². The molecule has 0 aromatic rings. The molecule has 0 aromatic carbocycles. The molecule has 0 spiro atoms. The number of hydrogen-bond acceptors (Lipinski definition) is 4. The van der Waals surface area contributed by atoms with Crippen LogP contribution in [0.3, 0.4) is 0 Å². The molecule has 0 aliphatic heterocycles. The Hall–Kier alpha value is -1.75. The SMILES string of the molecule is CC/C=C\C/C=C\C/C=C\CC(O)C(CCCCCC[C]=O)[N+](=O)[O-]. The summed E-state index contributed by atoms with van der Waals surface area (Å²) < 4.78 is 0. The number of hydrogen-bond donors (Lipinski definition) is 1. The molecule has 0 heterocycles. The molecule has 0 rings (SSSR count). The monoisotopic (exact) mass is 350 g/mol. The van der Waals surface area contributed by atoms with E-state index in [0.29, 0.717) is 25.7 Å². The van der Waals surface area contributed by atoms with Crippen molar-refractivity contribution in [1.82, 2.24) is 0 Å². The average molecular weight is 350 g/mol. The van der Waals surface area contributed by atoms with Gasteiger partial charge in [-0.1, -0.05) is 56.2 Å². The Balaban J connectivity index is 4.00. The number of aliphatic hydroxyl groups excluding tert-OH is 1. The van der Waals surface area contributed by atoms with E-state index in [1.165, 1.54) is 0 Å². The lowest BCUT2D eigenvalue weighted by Crippen LogP contribution is -2.33. The minimum absolute atomic E-state index is 0.301. The molecule has 1 N–H and O–H groups in total. The van der Waals surface area contributed by atoms with Gasteiger partial charge in [-0.05, 0) is 38.5 Å². The fourth-order valence-electron chi connectivity index (χ4n) is 2.44. The van der Waals surface area contributed by atoms with Crippen LogP contribution in [0, 0.1) is 10.1 Å². The maximum absolute atomic E-state index is 11.1. The highest BCUT2D eigenvalue weighted by Gasteiger charge is 2.27. The summed E-state index contributed by atoms with van der Waals surface area (Å²) >= 11 is 0. The number of nitrogens with zero attached hydrogens (tertiary/aromatic N) is 1. The highest BCUT2D eigenvalue weighted by molar-refractivity contribution is 5.50. The zero-order valence-electron chi connectivity index (χ0n) is 15.3. The third-order valence-electron chi connectivity index (χ3n) is 3.90. The van der Waals surface area contributed by atoms with Gasteiger partial charge in [-0.15, -0.1) is 0 Å². The van der Waals surface area contributed by atoms with E-state index in [2.05, 4.69) is 25.2 Å². The van der Waals surface area contributed by atoms with Crippen molar-refractivity contribution in [1.29, 1.82) is 0 Å². The zero-order valence-corrected chi connectivity index (χ0v) is 15.3. The van der Waals surface area contributed by atoms with Gasteiger partial charge in [-0.25, -0.2) is 0 Å². The van der Waals surface area contributed by atoms with Crippen LogP contribution >= 0.6 is 0 Å². The summed E-state index contributed by atoms with van der Waals surface area (Å²) in [5.41, 5.74) is 0. The number of rotatable bonds is 16. The Morgan fingerprint density at radius 3 is 2.20 bits per heavy atom. The van der Waals surface area contributed by atoms with Crippen molar-refractivity contribution < 1.29 is 14.8 Å². The lowest BCUT2D eigenvalue weighted by molar-refractivity contribution is -0.535. The van der Waals surface area contributed by atoms with Gasteiger partial charge in [0, 0.05) is 17.8 Å². The van der Waals surface area contributed by atoms with Crippen LogP contribution in [0.1, 0.15) is 71.1 Å². The summed E-state index contributed by atoms with van der Waals surface area (Å²) in [4.78, 5) is 20.8. The molecule has 2 atom stereocenters. The molecule has 0 aliphatic rings. The standard InChI is InChI=1S/C20H32NO4/c1-2-3-4-5-6-7-8-11-14-17-20(23)19(21(24)25)16-13-10-9-12-15-18-22/h3-4,6-7,11,14,19-20,23H,2,5,8-10,12-13,15-17H2,1H3/b4-3-,7-6-,14-11-. The highest BCUT2D eigenvalue weighted by atomic mass is 16.6. The van der Waals surface area contributed by atoms with Crippen LogP contribution in [-0.2, 0) is 4.79 Å². The van der Waals surface area contributed by atoms with Crippen molar-refractivity contribution in [2.24, 2.45) is 0 Å². The molecule has 5 heteroatoms. The second kappa shape index (κ2) is 17.1. The maximum atomic E-state index is 11.1. The van der Waals surface area contributed by atoms with E-state index in [1.54, 1.807) is 0 Å². The first-order valence-electron chi connectivity index (χ1n) is 9.25. The molecule has 0 saturated heterocycles. The van der Waals surface area contributed by atoms with E-state index >= 15 is 0 Å². The van der Waals surface area contributed by atoms with Crippen LogP contribution in [0.5, 0.6) is 0 Å². The Kier molecular flexibility index (Phi) is 15.9. The van der Waals surface area contributed by atoms with Crippen LogP contribution < -0.4 is 0 Å². The van der Waals surface area contributed by atoms with E-state index in [1.807, 2.05) is 24.5 Å². The molecule has 5 nitrogen and oxygen atoms in total. The predicted octanol–water partition coefficient (Wildman–Crippen LogP) is 4.69. The predicted molar refractivity (Wildman–Crippen MR) is 102 cm³/mol. The highest BCUT2D eigenvalue weighted by Crippen LogP contribution is 2.14. The first-order chi connectivity index (χ1) is 12.1. The Bertz CT molecular complexity index is 429. The van der Waals surface area contributed by atoms with E-state index < -0.39 is 12.1 Å². The fourth-order valence-corrected chi connectivity index (χ4v) is 2.44. The number of nitro groups is 1. The first kappa shape index (κ1) is 23.2. The van der Waals surface area contributed by atoms with Gasteiger partial charge in [0.2, 0.25) is 6.04 Å². The lowest BCUT2D eigenvalue weighted by Gasteiger charge is -2.14. The second-order valence-corrected chi connectivity index (χ2v) is 6.05. The van der Waals surface area contributed by atoms with Crippen molar-refractivity contribution in [2.45, 2.75) is 83.3 Å². The summed E-state index contributed by atoms with van der Waals surface area (Å²) in [6, 6.07) is -0.919. The maximum Gasteiger partial charge on any atom is 0.238 e. The molecule has 0 amide bonds. The molecule has 0 aromatic heterocycles. The van der Waals surface area contributed by atoms with E-state index in [-0.39, 0.29) is 4.92 Å². The molecule has 1 radical (unpaired) electrons. The van der Waals surface area contributed by atoms with Crippen LogP contribution in [0.25, 0.3) is 0 Å². The van der Waals surface area contributed by atoms with Crippen LogP contribution in [0.2, 0.25) is 0 Å². The van der Waals surface area contributed by atoms with Crippen molar-refractivity contribution in [2.75, 3.05) is 0 Å². The lowest BCUT2D eigenvalue weighted by atomic mass is 10.0. The fraction of sp³-hybridized carbons (Fsp3) is 0.650. The van der Waals surface area contributed by atoms with Gasteiger partial charge in [-0.2, -0.15) is 0 Å². The Morgan fingerprint density at radius 2 is 1.60 bits per heavy atom. The van der Waals surface area contributed by atoms with Crippen molar-refractivity contribution in [3.8, 4) is 0 Å². The molecule has 0 saturated carbocycles. The topological polar surface area (TPSA) is 80.4 Å². The summed E-state index contributed by atoms with van der Waals surface area (Å²) in [5.74, 6) is 0. The quantitative estimate of drug-likeness (QED) is 0.189. The molecule has 141 valence electrons. The smallest absolute Gasteiger partial charge is 0.238 e. The molecule has 0 aliphatic carbocycles. The molecule has 0 bridgehead atoms. The zero-order chi connectivity index (χ0) is 18.8. The molecule has 2 unspecified atom stereocenters. The summed E-state index contributed by atoms with van der Waals surface area (Å²) in [5, 5.41) is 21.2. The number of unbranched alkanes of at least 4 members (excludes halogenated alkanes) is 4. The largest absolute Gasteiger partial charge is 0.386 e. The first-order valence-corrected chi connectivity index (χ1v) is 9.25. The van der Waals surface area contributed by atoms with Gasteiger partial charge >= 0.3 is 0 Å². The number of allylic oxidation sites excluding steroid dienone is 5. The molecular weight excluding hydrogens is 318 g/mol. The summed E-state index contributed by atoms with van der Waals surface area (Å²) in [6.45, 7) is 2.10. The van der Waals surface area contributed by atoms with Gasteiger partial charge in [0.15, 0.2) is 6.29 Å². The number of carbonyl (C=O) groups excluding carboxylic acids is 1. The van der Waals surface area contributed by atoms with Gasteiger partial charge < -0.3 is 5.11 Å². The van der Waals surface area contributed by atoms with E-state index in [4.69, 9.17) is 0 Å². The number of aliphatic hydroxyl groups is 1. The van der Waals surface area contributed by atoms with Crippen LogP contribution in [0.15, 0.2) is 36.5 Å². The summed E-state index contributed by atoms with van der Waals surface area (Å²) in [7, 11) is 0. The van der Waals surface area contributed by atoms with E-state index in [0.717, 1.165) is 38.5 Å². The Morgan fingerprint density at radius 1 is 1.00 bits per heavy atom. The summed E-state index contributed by atoms with van der Waals surface area (Å²) in [6.07, 6.45) is 20.0.